The van der Waals surface area contributed by atoms with Crippen LogP contribution in [0, 0.1) is 12.3 Å². The van der Waals surface area contributed by atoms with Gasteiger partial charge >= 0.3 is 0 Å². The summed E-state index contributed by atoms with van der Waals surface area (Å²) in [5.41, 5.74) is -0.989. The Morgan fingerprint density at radius 2 is 1.54 bits per heavy atom. The van der Waals surface area contributed by atoms with E-state index in [1.807, 2.05) is 6.92 Å². The van der Waals surface area contributed by atoms with Gasteiger partial charge in [-0.15, -0.1) is 0 Å². The zero-order chi connectivity index (χ0) is 19.3. The van der Waals surface area contributed by atoms with Crippen molar-refractivity contribution in [3.05, 3.63) is 83.4 Å². The molecule has 0 bridgehead atoms. The molecule has 0 aliphatic heterocycles. The highest BCUT2D eigenvalue weighted by Crippen LogP contribution is 2.35. The zero-order valence-corrected chi connectivity index (χ0v) is 14.4. The van der Waals surface area contributed by atoms with Crippen molar-refractivity contribution in [3.8, 4) is 0 Å². The van der Waals surface area contributed by atoms with Crippen molar-refractivity contribution in [1.29, 1.82) is 0 Å². The lowest BCUT2D eigenvalue weighted by Gasteiger charge is -2.37. The molecule has 0 amide bonds. The average molecular weight is 350 g/mol. The number of hydrogen-bond donors (Lipinski definition) is 0. The van der Waals surface area contributed by atoms with Gasteiger partial charge in [0.1, 0.15) is 0 Å². The smallest absolute Gasteiger partial charge is 0.164 e. The van der Waals surface area contributed by atoms with E-state index in [2.05, 4.69) is 6.58 Å². The van der Waals surface area contributed by atoms with E-state index in [1.165, 1.54) is 0 Å². The first-order valence-corrected chi connectivity index (χ1v) is 8.02. The molecule has 0 spiro atoms. The summed E-state index contributed by atoms with van der Waals surface area (Å²) in [4.78, 5) is 36.0. The summed E-state index contributed by atoms with van der Waals surface area (Å²) in [7, 11) is 0. The molecular formula is C21H18O5-2. The van der Waals surface area contributed by atoms with Gasteiger partial charge < -0.3 is 19.8 Å². The van der Waals surface area contributed by atoms with Crippen molar-refractivity contribution in [3.63, 3.8) is 0 Å². The molecule has 0 aliphatic carbocycles. The van der Waals surface area contributed by atoms with E-state index in [4.69, 9.17) is 0 Å². The van der Waals surface area contributed by atoms with Crippen LogP contribution in [0.1, 0.15) is 27.9 Å². The second-order valence-corrected chi connectivity index (χ2v) is 6.26. The molecule has 0 saturated heterocycles. The first-order chi connectivity index (χ1) is 12.3. The molecular weight excluding hydrogens is 332 g/mol. The molecule has 0 aromatic heterocycles. The van der Waals surface area contributed by atoms with Crippen LogP contribution in [0.15, 0.2) is 66.7 Å². The topological polar surface area (TPSA) is 97.3 Å². The number of hydrogen-bond acceptors (Lipinski definition) is 5. The molecule has 2 aromatic rings. The van der Waals surface area contributed by atoms with Gasteiger partial charge in [0.15, 0.2) is 5.78 Å². The molecule has 0 aliphatic rings. The van der Waals surface area contributed by atoms with Gasteiger partial charge in [-0.1, -0.05) is 66.7 Å². The third kappa shape index (κ3) is 4.06. The van der Waals surface area contributed by atoms with Gasteiger partial charge in [0.2, 0.25) is 0 Å². The number of ketones is 1. The average Bonchev–Trinajstić information content (AvgIpc) is 2.61. The molecule has 0 radical (unpaired) electrons. The number of Topliss-reactive ketones (excluding diaryl/α,β-unsaturated/α-hetero) is 1. The quantitative estimate of drug-likeness (QED) is 0.519. The van der Waals surface area contributed by atoms with Crippen LogP contribution in [0.5, 0.6) is 0 Å². The molecule has 134 valence electrons. The fraction of sp³-hybridized carbons (Fsp3) is 0.190. The van der Waals surface area contributed by atoms with E-state index in [0.717, 1.165) is 5.56 Å². The SMILES string of the molecule is C=C(C(=O)[O-])C(CC(=O)c1ccc(C)cc1)(Cc1ccccc1)C(=O)[O-]. The molecule has 0 heterocycles. The number of carbonyl (C=O) groups is 3. The van der Waals surface area contributed by atoms with Crippen molar-refractivity contribution in [2.24, 2.45) is 5.41 Å². The van der Waals surface area contributed by atoms with Crippen LogP contribution in [0.4, 0.5) is 0 Å². The predicted molar refractivity (Wildman–Crippen MR) is 91.9 cm³/mol. The van der Waals surface area contributed by atoms with Gasteiger partial charge in [-0.25, -0.2) is 0 Å². The Balaban J connectivity index is 2.45. The highest BCUT2D eigenvalue weighted by Gasteiger charge is 2.38. The normalized spacial score (nSPS) is 12.8. The van der Waals surface area contributed by atoms with Crippen LogP contribution in [-0.2, 0) is 16.0 Å². The maximum Gasteiger partial charge on any atom is 0.164 e. The third-order valence-electron chi connectivity index (χ3n) is 4.40. The Bertz CT molecular complexity index is 836. The third-order valence-corrected chi connectivity index (χ3v) is 4.40. The molecule has 5 nitrogen and oxygen atoms in total. The molecule has 5 heteroatoms. The standard InChI is InChI=1S/C21H20O5/c1-14-8-10-17(11-9-14)18(22)13-21(20(25)26,15(2)19(23)24)12-16-6-4-3-5-7-16/h3-11H,2,12-13H2,1H3,(H,23,24)(H,25,26)/p-2. The molecule has 1 unspecified atom stereocenters. The van der Waals surface area contributed by atoms with E-state index < -0.39 is 35.1 Å². The second kappa shape index (κ2) is 7.78. The van der Waals surface area contributed by atoms with Crippen molar-refractivity contribution < 1.29 is 24.6 Å². The minimum atomic E-state index is -2.10. The lowest BCUT2D eigenvalue weighted by molar-refractivity contribution is -0.321. The van der Waals surface area contributed by atoms with Crippen molar-refractivity contribution >= 4 is 17.7 Å². The van der Waals surface area contributed by atoms with Gasteiger partial charge in [-0.2, -0.15) is 0 Å². The van der Waals surface area contributed by atoms with E-state index in [1.54, 1.807) is 54.6 Å². The van der Waals surface area contributed by atoms with Gasteiger partial charge in [0.25, 0.3) is 0 Å². The van der Waals surface area contributed by atoms with Crippen molar-refractivity contribution in [1.82, 2.24) is 0 Å². The molecule has 26 heavy (non-hydrogen) atoms. The van der Waals surface area contributed by atoms with E-state index >= 15 is 0 Å². The van der Waals surface area contributed by atoms with Crippen molar-refractivity contribution in [2.75, 3.05) is 0 Å². The number of benzene rings is 2. The number of rotatable bonds is 8. The largest absolute Gasteiger partial charge is 0.549 e. The molecule has 0 N–H and O–H groups in total. The highest BCUT2D eigenvalue weighted by atomic mass is 16.4. The van der Waals surface area contributed by atoms with Gasteiger partial charge in [-0.3, -0.25) is 4.79 Å². The molecule has 1 atom stereocenters. The Kier molecular flexibility index (Phi) is 5.72. The predicted octanol–water partition coefficient (Wildman–Crippen LogP) is 0.853. The summed E-state index contributed by atoms with van der Waals surface area (Å²) in [6.07, 6.45) is -0.819. The van der Waals surface area contributed by atoms with Crippen LogP contribution in [-0.4, -0.2) is 17.7 Å². The summed E-state index contributed by atoms with van der Waals surface area (Å²) in [5.74, 6) is -3.90. The van der Waals surface area contributed by atoms with E-state index in [0.29, 0.717) is 11.1 Å². The Labute approximate surface area is 151 Å². The summed E-state index contributed by atoms with van der Waals surface area (Å²) >= 11 is 0. The maximum atomic E-state index is 12.6. The second-order valence-electron chi connectivity index (χ2n) is 6.26. The minimum Gasteiger partial charge on any atom is -0.549 e. The molecule has 2 aromatic carbocycles. The maximum absolute atomic E-state index is 12.6. The first kappa shape index (κ1) is 19.1. The van der Waals surface area contributed by atoms with Crippen molar-refractivity contribution in [2.45, 2.75) is 19.8 Å². The number of carboxylic acid groups (broad SMARTS) is 2. The lowest BCUT2D eigenvalue weighted by Crippen LogP contribution is -2.50. The summed E-state index contributed by atoms with van der Waals surface area (Å²) < 4.78 is 0. The summed E-state index contributed by atoms with van der Waals surface area (Å²) in [5, 5.41) is 23.4. The monoisotopic (exact) mass is 350 g/mol. The molecule has 0 fully saturated rings. The molecule has 0 saturated carbocycles. The van der Waals surface area contributed by atoms with Crippen LogP contribution in [0.3, 0.4) is 0 Å². The zero-order valence-electron chi connectivity index (χ0n) is 14.4. The Morgan fingerprint density at radius 1 is 0.962 bits per heavy atom. The molecule has 2 rings (SSSR count). The van der Waals surface area contributed by atoms with Gasteiger partial charge in [0.05, 0.1) is 11.9 Å². The van der Waals surface area contributed by atoms with Crippen LogP contribution in [0.2, 0.25) is 0 Å². The number of carbonyl (C=O) groups excluding carboxylic acids is 3. The minimum absolute atomic E-state index is 0.236. The summed E-state index contributed by atoms with van der Waals surface area (Å²) in [6, 6.07) is 15.0. The number of aryl methyl sites for hydroxylation is 1. The fourth-order valence-electron chi connectivity index (χ4n) is 2.80. The summed E-state index contributed by atoms with van der Waals surface area (Å²) in [6.45, 7) is 5.22. The number of aliphatic carboxylic acids is 2. The van der Waals surface area contributed by atoms with E-state index in [9.17, 15) is 24.6 Å². The van der Waals surface area contributed by atoms with Gasteiger partial charge in [-0.05, 0) is 24.5 Å². The van der Waals surface area contributed by atoms with Crippen LogP contribution >= 0.6 is 0 Å². The number of carboxylic acids is 2. The Morgan fingerprint density at radius 3 is 2.04 bits per heavy atom. The van der Waals surface area contributed by atoms with E-state index in [-0.39, 0.29) is 6.42 Å². The highest BCUT2D eigenvalue weighted by molar-refractivity contribution is 6.03. The Hall–Kier alpha value is -3.21. The van der Waals surface area contributed by atoms with Crippen LogP contribution in [0.25, 0.3) is 0 Å². The first-order valence-electron chi connectivity index (χ1n) is 8.02. The fourth-order valence-corrected chi connectivity index (χ4v) is 2.80. The lowest BCUT2D eigenvalue weighted by atomic mass is 9.71. The van der Waals surface area contributed by atoms with Crippen LogP contribution < -0.4 is 10.2 Å². The van der Waals surface area contributed by atoms with Gasteiger partial charge in [0, 0.05) is 17.4 Å².